The fraction of sp³-hybridized carbons (Fsp3) is 0.500. The molecule has 1 fully saturated rings. The van der Waals surface area contributed by atoms with Crippen molar-refractivity contribution in [3.63, 3.8) is 0 Å². The predicted molar refractivity (Wildman–Crippen MR) is 50.5 cm³/mol. The zero-order valence-electron chi connectivity index (χ0n) is 8.13. The van der Waals surface area contributed by atoms with E-state index < -0.39 is 0 Å². The summed E-state index contributed by atoms with van der Waals surface area (Å²) in [6.45, 7) is 5.00. The molecule has 4 nitrogen and oxygen atoms in total. The van der Waals surface area contributed by atoms with Crippen LogP contribution in [-0.2, 0) is 14.3 Å². The summed E-state index contributed by atoms with van der Waals surface area (Å²) < 4.78 is 4.81. The molecule has 1 amide bonds. The van der Waals surface area contributed by atoms with Gasteiger partial charge < -0.3 is 10.1 Å². The number of nitrogens with one attached hydrogen (secondary N) is 1. The Balaban J connectivity index is 2.51. The molecule has 14 heavy (non-hydrogen) atoms. The van der Waals surface area contributed by atoms with Gasteiger partial charge in [-0.05, 0) is 6.42 Å². The van der Waals surface area contributed by atoms with Crippen LogP contribution in [0, 0.1) is 0 Å². The molecule has 1 saturated heterocycles. The van der Waals surface area contributed by atoms with Gasteiger partial charge in [-0.1, -0.05) is 6.58 Å². The van der Waals surface area contributed by atoms with Gasteiger partial charge in [0.25, 0.3) is 0 Å². The lowest BCUT2D eigenvalue weighted by Gasteiger charge is -2.12. The van der Waals surface area contributed by atoms with E-state index in [2.05, 4.69) is 17.6 Å². The molecule has 0 radical (unpaired) electrons. The van der Waals surface area contributed by atoms with Crippen LogP contribution in [0.25, 0.3) is 0 Å². The Kier molecular flexibility index (Phi) is 3.48. The molecule has 1 rings (SSSR count). The lowest BCUT2D eigenvalue weighted by molar-refractivity contribution is -0.140. The van der Waals surface area contributed by atoms with Gasteiger partial charge in [0.15, 0.2) is 0 Å². The van der Waals surface area contributed by atoms with Gasteiger partial charge in [-0.25, -0.2) is 0 Å². The molecule has 1 aliphatic rings. The zero-order valence-corrected chi connectivity index (χ0v) is 8.13. The summed E-state index contributed by atoms with van der Waals surface area (Å²) >= 11 is 0. The fourth-order valence-electron chi connectivity index (χ4n) is 1.33. The summed E-state index contributed by atoms with van der Waals surface area (Å²) in [4.78, 5) is 21.5. The summed E-state index contributed by atoms with van der Waals surface area (Å²) in [5.74, 6) is -0.326. The molecule has 76 valence electrons. The molecule has 1 heterocycles. The Morgan fingerprint density at radius 1 is 1.79 bits per heavy atom. The molecule has 0 aliphatic carbocycles. The maximum Gasteiger partial charge on any atom is 0.302 e. The maximum atomic E-state index is 10.9. The lowest BCUT2D eigenvalue weighted by atomic mass is 10.1. The molecule has 4 heteroatoms. The molecule has 0 spiro atoms. The van der Waals surface area contributed by atoms with Crippen LogP contribution in [-0.4, -0.2) is 24.5 Å². The van der Waals surface area contributed by atoms with Crippen molar-refractivity contribution in [2.24, 2.45) is 0 Å². The highest BCUT2D eigenvalue weighted by Crippen LogP contribution is 2.14. The number of hydrogen-bond donors (Lipinski definition) is 1. The summed E-state index contributed by atoms with van der Waals surface area (Å²) in [6.07, 6.45) is 1.23. The highest BCUT2D eigenvalue weighted by molar-refractivity contribution is 5.79. The van der Waals surface area contributed by atoms with Gasteiger partial charge in [-0.2, -0.15) is 0 Å². The maximum absolute atomic E-state index is 10.9. The number of esters is 1. The molecule has 1 unspecified atom stereocenters. The smallest absolute Gasteiger partial charge is 0.302 e. The Bertz CT molecular complexity index is 302. The fourth-order valence-corrected chi connectivity index (χ4v) is 1.33. The average molecular weight is 195 g/mol. The van der Waals surface area contributed by atoms with Gasteiger partial charge in [0.1, 0.15) is 6.61 Å². The molecule has 0 aromatic heterocycles. The van der Waals surface area contributed by atoms with Gasteiger partial charge >= 0.3 is 5.97 Å². The Labute approximate surface area is 82.6 Å². The summed E-state index contributed by atoms with van der Waals surface area (Å²) in [7, 11) is 0. The SMILES string of the molecule is C=C=C(COC(C)=O)C1CCC(=O)N1. The third kappa shape index (κ3) is 2.75. The van der Waals surface area contributed by atoms with E-state index in [4.69, 9.17) is 4.74 Å². The van der Waals surface area contributed by atoms with E-state index in [0.29, 0.717) is 6.42 Å². The van der Waals surface area contributed by atoms with Crippen LogP contribution < -0.4 is 5.32 Å². The third-order valence-electron chi connectivity index (χ3n) is 2.07. The van der Waals surface area contributed by atoms with Crippen molar-refractivity contribution in [2.45, 2.75) is 25.8 Å². The third-order valence-corrected chi connectivity index (χ3v) is 2.07. The molecule has 0 aromatic rings. The minimum absolute atomic E-state index is 0.0191. The first-order valence-corrected chi connectivity index (χ1v) is 4.45. The minimum atomic E-state index is -0.345. The molecule has 0 saturated carbocycles. The van der Waals surface area contributed by atoms with Crippen molar-refractivity contribution >= 4 is 11.9 Å². The van der Waals surface area contributed by atoms with E-state index in [1.807, 2.05) is 0 Å². The van der Waals surface area contributed by atoms with Crippen LogP contribution >= 0.6 is 0 Å². The molecule has 1 N–H and O–H groups in total. The average Bonchev–Trinajstić information content (AvgIpc) is 2.53. The first-order chi connectivity index (χ1) is 6.63. The highest BCUT2D eigenvalue weighted by Gasteiger charge is 2.24. The van der Waals surface area contributed by atoms with Crippen LogP contribution in [0.5, 0.6) is 0 Å². The van der Waals surface area contributed by atoms with E-state index >= 15 is 0 Å². The second-order valence-corrected chi connectivity index (χ2v) is 3.14. The molecular weight excluding hydrogens is 182 g/mol. The van der Waals surface area contributed by atoms with Crippen LogP contribution in [0.4, 0.5) is 0 Å². The second kappa shape index (κ2) is 4.63. The van der Waals surface area contributed by atoms with Crippen molar-refractivity contribution < 1.29 is 14.3 Å². The van der Waals surface area contributed by atoms with Gasteiger partial charge in [-0.15, -0.1) is 5.73 Å². The lowest BCUT2D eigenvalue weighted by Crippen LogP contribution is -2.28. The van der Waals surface area contributed by atoms with Gasteiger partial charge in [0, 0.05) is 18.9 Å². The largest absolute Gasteiger partial charge is 0.461 e. The van der Waals surface area contributed by atoms with Crippen LogP contribution in [0.2, 0.25) is 0 Å². The monoisotopic (exact) mass is 195 g/mol. The van der Waals surface area contributed by atoms with E-state index in [-0.39, 0.29) is 24.5 Å². The van der Waals surface area contributed by atoms with Crippen molar-refractivity contribution in [1.82, 2.24) is 5.32 Å². The van der Waals surface area contributed by atoms with E-state index in [1.54, 1.807) is 0 Å². The second-order valence-electron chi connectivity index (χ2n) is 3.14. The van der Waals surface area contributed by atoms with Crippen molar-refractivity contribution in [3.8, 4) is 0 Å². The van der Waals surface area contributed by atoms with E-state index in [0.717, 1.165) is 12.0 Å². The Hall–Kier alpha value is -1.54. The van der Waals surface area contributed by atoms with Crippen LogP contribution in [0.1, 0.15) is 19.8 Å². The van der Waals surface area contributed by atoms with Crippen molar-refractivity contribution in [3.05, 3.63) is 17.9 Å². The number of rotatable bonds is 3. The van der Waals surface area contributed by atoms with Crippen LogP contribution in [0.3, 0.4) is 0 Å². The Morgan fingerprint density at radius 3 is 2.93 bits per heavy atom. The minimum Gasteiger partial charge on any atom is -0.461 e. The standard InChI is InChI=1S/C10H13NO3/c1-3-8(6-14-7(2)12)9-4-5-10(13)11-9/h9H,1,4-6H2,2H3,(H,11,13). The summed E-state index contributed by atoms with van der Waals surface area (Å²) in [5, 5.41) is 2.76. The van der Waals surface area contributed by atoms with E-state index in [1.165, 1.54) is 6.92 Å². The molecule has 0 aromatic carbocycles. The van der Waals surface area contributed by atoms with Crippen molar-refractivity contribution in [2.75, 3.05) is 6.61 Å². The highest BCUT2D eigenvalue weighted by atomic mass is 16.5. The Morgan fingerprint density at radius 2 is 2.50 bits per heavy atom. The molecule has 1 aliphatic heterocycles. The molecule has 0 bridgehead atoms. The topological polar surface area (TPSA) is 55.4 Å². The van der Waals surface area contributed by atoms with Crippen molar-refractivity contribution in [1.29, 1.82) is 0 Å². The predicted octanol–water partition coefficient (Wildman–Crippen LogP) is 0.539. The first kappa shape index (κ1) is 10.5. The van der Waals surface area contributed by atoms with Gasteiger partial charge in [-0.3, -0.25) is 9.59 Å². The van der Waals surface area contributed by atoms with Gasteiger partial charge in [0.2, 0.25) is 5.91 Å². The number of ether oxygens (including phenoxy) is 1. The number of carbonyl (C=O) groups excluding carboxylic acids is 2. The van der Waals surface area contributed by atoms with Gasteiger partial charge in [0.05, 0.1) is 6.04 Å². The van der Waals surface area contributed by atoms with Crippen LogP contribution in [0.15, 0.2) is 17.9 Å². The zero-order chi connectivity index (χ0) is 10.6. The quantitative estimate of drug-likeness (QED) is 0.528. The number of amides is 1. The number of carbonyl (C=O) groups is 2. The number of hydrogen-bond acceptors (Lipinski definition) is 3. The molecular formula is C10H13NO3. The summed E-state index contributed by atoms with van der Waals surface area (Å²) in [5.41, 5.74) is 3.42. The summed E-state index contributed by atoms with van der Waals surface area (Å²) in [6, 6.07) is -0.0700. The van der Waals surface area contributed by atoms with E-state index in [9.17, 15) is 9.59 Å². The first-order valence-electron chi connectivity index (χ1n) is 4.45. The normalized spacial score (nSPS) is 19.8. The molecule has 1 atom stereocenters.